The van der Waals surface area contributed by atoms with Gasteiger partial charge >= 0.3 is 0 Å². The smallest absolute Gasteiger partial charge is 0.249 e. The summed E-state index contributed by atoms with van der Waals surface area (Å²) in [4.78, 5) is 0.112. The van der Waals surface area contributed by atoms with Crippen molar-refractivity contribution in [1.29, 1.82) is 0 Å². The first-order valence-corrected chi connectivity index (χ1v) is 11.1. The summed E-state index contributed by atoms with van der Waals surface area (Å²) in [5, 5.41) is 0.549. The number of hydrogen-bond acceptors (Lipinski definition) is 4. The molecule has 5 nitrogen and oxygen atoms in total. The lowest BCUT2D eigenvalue weighted by atomic mass is 10.0. The molecular formula is C19H16ClF5N2O3S. The van der Waals surface area contributed by atoms with Crippen molar-refractivity contribution < 1.29 is 35.1 Å². The number of nitrogens with zero attached hydrogens (tertiary/aromatic N) is 2. The Morgan fingerprint density at radius 3 is 2.13 bits per heavy atom. The Hall–Kier alpha value is -1.95. The summed E-state index contributed by atoms with van der Waals surface area (Å²) in [7, 11) is -4.94. The topological polar surface area (TPSA) is 49.9 Å². The maximum Gasteiger partial charge on any atom is 0.249 e. The van der Waals surface area contributed by atoms with Gasteiger partial charge in [0.2, 0.25) is 15.8 Å². The van der Waals surface area contributed by atoms with E-state index in [1.165, 1.54) is 0 Å². The van der Waals surface area contributed by atoms with Crippen LogP contribution in [0.1, 0.15) is 18.4 Å². The van der Waals surface area contributed by atoms with Crippen LogP contribution in [0.25, 0.3) is 0 Å². The number of fused-ring (bicyclic) bond motifs is 1. The first kappa shape index (κ1) is 22.3. The average molecular weight is 483 g/mol. The van der Waals surface area contributed by atoms with Crippen molar-refractivity contribution in [2.24, 2.45) is 0 Å². The van der Waals surface area contributed by atoms with Crippen LogP contribution in [0.3, 0.4) is 0 Å². The number of piperidine rings is 1. The molecule has 0 saturated carbocycles. The normalized spacial score (nSPS) is 18.3. The summed E-state index contributed by atoms with van der Waals surface area (Å²) in [6.45, 7) is 0.321. The molecule has 0 aromatic heterocycles. The highest BCUT2D eigenvalue weighted by Crippen LogP contribution is 2.35. The molecule has 0 aliphatic carbocycles. The predicted molar refractivity (Wildman–Crippen MR) is 102 cm³/mol. The summed E-state index contributed by atoms with van der Waals surface area (Å²) < 4.78 is 100. The maximum absolute atomic E-state index is 14.1. The Kier molecular flexibility index (Phi) is 5.88. The van der Waals surface area contributed by atoms with Gasteiger partial charge in [0, 0.05) is 35.4 Å². The fourth-order valence-corrected chi connectivity index (χ4v) is 5.69. The van der Waals surface area contributed by atoms with Crippen LogP contribution in [0.4, 0.5) is 27.6 Å². The molecule has 0 atom stereocenters. The van der Waals surface area contributed by atoms with E-state index in [9.17, 15) is 30.4 Å². The highest BCUT2D eigenvalue weighted by Gasteiger charge is 2.39. The fraction of sp³-hybridized carbons (Fsp3) is 0.368. The van der Waals surface area contributed by atoms with Crippen LogP contribution < -0.4 is 4.90 Å². The van der Waals surface area contributed by atoms with Crippen molar-refractivity contribution in [2.45, 2.75) is 30.4 Å². The van der Waals surface area contributed by atoms with Crippen molar-refractivity contribution in [3.8, 4) is 0 Å². The van der Waals surface area contributed by atoms with Crippen LogP contribution in [0.5, 0.6) is 0 Å². The van der Waals surface area contributed by atoms with Gasteiger partial charge in [-0.25, -0.2) is 30.4 Å². The molecule has 2 heterocycles. The number of ether oxygens (including phenoxy) is 1. The number of rotatable bonds is 3. The Labute approximate surface area is 180 Å². The molecule has 12 heteroatoms. The summed E-state index contributed by atoms with van der Waals surface area (Å²) in [5.74, 6) is -11.7. The standard InChI is InChI=1S/C19H16ClF5N2O3S/c20-11-1-2-13-10(7-11)8-30-9-27(13)12-3-5-26(6-4-12)31(28,29)19-17(24)15(22)14(21)16(23)18(19)25/h1-2,7,12H,3-6,8-9H2. The molecule has 0 radical (unpaired) electrons. The van der Waals surface area contributed by atoms with Crippen molar-refractivity contribution in [1.82, 2.24) is 4.31 Å². The number of anilines is 1. The molecule has 0 unspecified atom stereocenters. The molecule has 2 aliphatic heterocycles. The minimum Gasteiger partial charge on any atom is -0.356 e. The van der Waals surface area contributed by atoms with E-state index in [2.05, 4.69) is 0 Å². The maximum atomic E-state index is 14.1. The molecule has 0 bridgehead atoms. The molecule has 0 spiro atoms. The van der Waals surface area contributed by atoms with Crippen LogP contribution in [0, 0.1) is 29.1 Å². The van der Waals surface area contributed by atoms with E-state index in [1.807, 2.05) is 11.0 Å². The summed E-state index contributed by atoms with van der Waals surface area (Å²) in [5.41, 5.74) is 1.76. The van der Waals surface area contributed by atoms with Crippen LogP contribution in [-0.4, -0.2) is 38.6 Å². The van der Waals surface area contributed by atoms with Gasteiger partial charge in [-0.3, -0.25) is 0 Å². The van der Waals surface area contributed by atoms with Crippen molar-refractivity contribution in [3.05, 3.63) is 57.9 Å². The minimum atomic E-state index is -4.94. The summed E-state index contributed by atoms with van der Waals surface area (Å²) in [6.07, 6.45) is 0.528. The number of benzene rings is 2. The summed E-state index contributed by atoms with van der Waals surface area (Å²) in [6, 6.07) is 5.17. The van der Waals surface area contributed by atoms with E-state index >= 15 is 0 Å². The second-order valence-electron chi connectivity index (χ2n) is 7.25. The van der Waals surface area contributed by atoms with Crippen LogP contribution in [0.15, 0.2) is 23.1 Å². The number of hydrogen-bond donors (Lipinski definition) is 0. The molecule has 2 aromatic rings. The SMILES string of the molecule is O=S(=O)(c1c(F)c(F)c(F)c(F)c1F)N1CCC(N2COCc3cc(Cl)ccc32)CC1. The highest BCUT2D eigenvalue weighted by molar-refractivity contribution is 7.89. The third-order valence-electron chi connectivity index (χ3n) is 5.47. The van der Waals surface area contributed by atoms with E-state index in [0.717, 1.165) is 15.6 Å². The predicted octanol–water partition coefficient (Wildman–Crippen LogP) is 4.18. The molecule has 1 saturated heterocycles. The Morgan fingerprint density at radius 2 is 1.52 bits per heavy atom. The van der Waals surface area contributed by atoms with Gasteiger partial charge in [-0.15, -0.1) is 0 Å². The van der Waals surface area contributed by atoms with E-state index < -0.39 is 44.0 Å². The first-order chi connectivity index (χ1) is 14.6. The van der Waals surface area contributed by atoms with Crippen molar-refractivity contribution in [3.63, 3.8) is 0 Å². The third kappa shape index (κ3) is 3.77. The molecule has 0 N–H and O–H groups in total. The lowest BCUT2D eigenvalue weighted by molar-refractivity contribution is 0.0987. The molecule has 2 aliphatic rings. The fourth-order valence-electron chi connectivity index (χ4n) is 3.91. The average Bonchev–Trinajstić information content (AvgIpc) is 2.75. The van der Waals surface area contributed by atoms with E-state index in [4.69, 9.17) is 16.3 Å². The highest BCUT2D eigenvalue weighted by atomic mass is 35.5. The zero-order valence-electron chi connectivity index (χ0n) is 15.8. The van der Waals surface area contributed by atoms with Gasteiger partial charge in [-0.2, -0.15) is 4.31 Å². The second-order valence-corrected chi connectivity index (χ2v) is 9.57. The number of halogens is 6. The lowest BCUT2D eigenvalue weighted by Gasteiger charge is -2.41. The zero-order chi connectivity index (χ0) is 22.5. The minimum absolute atomic E-state index is 0.150. The number of sulfonamides is 1. The Morgan fingerprint density at radius 1 is 0.935 bits per heavy atom. The van der Waals surface area contributed by atoms with Gasteiger partial charge < -0.3 is 9.64 Å². The molecule has 4 rings (SSSR count). The van der Waals surface area contributed by atoms with Crippen LogP contribution in [-0.2, 0) is 21.4 Å². The molecule has 168 valence electrons. The van der Waals surface area contributed by atoms with Gasteiger partial charge in [0.25, 0.3) is 0 Å². The molecule has 1 fully saturated rings. The van der Waals surface area contributed by atoms with Crippen molar-refractivity contribution >= 4 is 27.3 Å². The molecule has 2 aromatic carbocycles. The Balaban J connectivity index is 1.57. The first-order valence-electron chi connectivity index (χ1n) is 9.27. The monoisotopic (exact) mass is 482 g/mol. The second kappa shape index (κ2) is 8.19. The van der Waals surface area contributed by atoms with Crippen molar-refractivity contribution in [2.75, 3.05) is 24.7 Å². The largest absolute Gasteiger partial charge is 0.356 e. The quantitative estimate of drug-likeness (QED) is 0.374. The molecule has 0 amide bonds. The van der Waals surface area contributed by atoms with Crippen LogP contribution in [0.2, 0.25) is 5.02 Å². The summed E-state index contributed by atoms with van der Waals surface area (Å²) >= 11 is 6.01. The van der Waals surface area contributed by atoms with E-state index in [1.54, 1.807) is 12.1 Å². The van der Waals surface area contributed by atoms with Gasteiger partial charge in [-0.1, -0.05) is 11.6 Å². The lowest BCUT2D eigenvalue weighted by Crippen LogP contribution is -2.48. The molecule has 31 heavy (non-hydrogen) atoms. The molecular weight excluding hydrogens is 467 g/mol. The van der Waals surface area contributed by atoms with Gasteiger partial charge in [0.15, 0.2) is 28.2 Å². The Bertz CT molecular complexity index is 1110. The van der Waals surface area contributed by atoms with Gasteiger partial charge in [0.05, 0.1) is 6.61 Å². The van der Waals surface area contributed by atoms with E-state index in [0.29, 0.717) is 11.6 Å². The van der Waals surface area contributed by atoms with Gasteiger partial charge in [-0.05, 0) is 31.0 Å². The zero-order valence-corrected chi connectivity index (χ0v) is 17.4. The third-order valence-corrected chi connectivity index (χ3v) is 7.62. The van der Waals surface area contributed by atoms with E-state index in [-0.39, 0.29) is 38.7 Å². The van der Waals surface area contributed by atoms with Crippen LogP contribution >= 0.6 is 11.6 Å². The van der Waals surface area contributed by atoms with Gasteiger partial charge in [0.1, 0.15) is 6.73 Å².